The summed E-state index contributed by atoms with van der Waals surface area (Å²) in [5.41, 5.74) is 6.18. The van der Waals surface area contributed by atoms with Gasteiger partial charge in [-0.1, -0.05) is 19.0 Å². The van der Waals surface area contributed by atoms with Gasteiger partial charge in [0.1, 0.15) is 5.75 Å². The lowest BCUT2D eigenvalue weighted by molar-refractivity contribution is 0.193. The van der Waals surface area contributed by atoms with Crippen LogP contribution in [0.1, 0.15) is 32.8 Å². The summed E-state index contributed by atoms with van der Waals surface area (Å²) in [5.74, 6) is 1.44. The van der Waals surface area contributed by atoms with E-state index in [1.54, 1.807) is 6.07 Å². The lowest BCUT2D eigenvalue weighted by Crippen LogP contribution is -2.16. The van der Waals surface area contributed by atoms with Crippen molar-refractivity contribution in [3.8, 4) is 5.75 Å². The number of hydrogen-bond donors (Lipinski definition) is 2. The number of ether oxygens (including phenoxy) is 1. The summed E-state index contributed by atoms with van der Waals surface area (Å²) in [7, 11) is 0. The van der Waals surface area contributed by atoms with Crippen molar-refractivity contribution in [3.05, 3.63) is 28.2 Å². The van der Waals surface area contributed by atoms with Crippen molar-refractivity contribution in [2.24, 2.45) is 16.8 Å². The molecule has 5 heteroatoms. The summed E-state index contributed by atoms with van der Waals surface area (Å²) in [4.78, 5) is 0. The second-order valence-corrected chi connectivity index (χ2v) is 5.54. The van der Waals surface area contributed by atoms with Crippen molar-refractivity contribution < 1.29 is 9.94 Å². The molecule has 0 fully saturated rings. The first-order valence-corrected chi connectivity index (χ1v) is 6.67. The molecule has 0 aliphatic heterocycles. The molecule has 0 radical (unpaired) electrons. The van der Waals surface area contributed by atoms with Gasteiger partial charge in [-0.25, -0.2) is 0 Å². The molecule has 0 spiro atoms. The quantitative estimate of drug-likeness (QED) is 0.379. The zero-order valence-corrected chi connectivity index (χ0v) is 12.4. The molecule has 0 bridgehead atoms. The molecule has 0 heterocycles. The Labute approximate surface area is 116 Å². The minimum Gasteiger partial charge on any atom is -0.491 e. The SMILES string of the molecule is CC(C)CC(C)Oc1ccc(/C(N)=N/O)c(Br)c1. The van der Waals surface area contributed by atoms with Crippen LogP contribution in [0.2, 0.25) is 0 Å². The molecule has 0 amide bonds. The highest BCUT2D eigenvalue weighted by molar-refractivity contribution is 9.10. The largest absolute Gasteiger partial charge is 0.491 e. The average molecular weight is 315 g/mol. The molecule has 3 N–H and O–H groups in total. The molecule has 0 aliphatic carbocycles. The van der Waals surface area contributed by atoms with Crippen LogP contribution >= 0.6 is 15.9 Å². The smallest absolute Gasteiger partial charge is 0.171 e. The Morgan fingerprint density at radius 3 is 2.61 bits per heavy atom. The van der Waals surface area contributed by atoms with Crippen molar-refractivity contribution in [1.82, 2.24) is 0 Å². The molecular formula is C13H19BrN2O2. The van der Waals surface area contributed by atoms with Crippen molar-refractivity contribution >= 4 is 21.8 Å². The van der Waals surface area contributed by atoms with E-state index in [0.717, 1.165) is 16.6 Å². The maximum atomic E-state index is 8.64. The monoisotopic (exact) mass is 314 g/mol. The Morgan fingerprint density at radius 1 is 1.44 bits per heavy atom. The van der Waals surface area contributed by atoms with Gasteiger partial charge < -0.3 is 15.7 Å². The van der Waals surface area contributed by atoms with E-state index in [9.17, 15) is 0 Å². The standard InChI is InChI=1S/C13H19BrN2O2/c1-8(2)6-9(3)18-10-4-5-11(12(14)7-10)13(15)16-17/h4-5,7-9,17H,6H2,1-3H3,(H2,15,16). The number of nitrogens with zero attached hydrogens (tertiary/aromatic N) is 1. The van der Waals surface area contributed by atoms with Crippen molar-refractivity contribution in [2.45, 2.75) is 33.3 Å². The molecular weight excluding hydrogens is 296 g/mol. The molecule has 100 valence electrons. The van der Waals surface area contributed by atoms with Gasteiger partial charge in [0.25, 0.3) is 0 Å². The van der Waals surface area contributed by atoms with Gasteiger partial charge in [-0.2, -0.15) is 0 Å². The topological polar surface area (TPSA) is 67.8 Å². The van der Waals surface area contributed by atoms with Crippen LogP contribution in [-0.4, -0.2) is 17.1 Å². The molecule has 1 atom stereocenters. The summed E-state index contributed by atoms with van der Waals surface area (Å²) in [6.07, 6.45) is 1.16. The van der Waals surface area contributed by atoms with Gasteiger partial charge in [0.05, 0.1) is 6.10 Å². The molecule has 0 aromatic heterocycles. The molecule has 1 rings (SSSR count). The molecule has 1 unspecified atom stereocenters. The Kier molecular flexibility index (Phi) is 5.47. The van der Waals surface area contributed by atoms with Crippen LogP contribution in [0.25, 0.3) is 0 Å². The summed E-state index contributed by atoms with van der Waals surface area (Å²) < 4.78 is 6.54. The summed E-state index contributed by atoms with van der Waals surface area (Å²) in [5, 5.41) is 11.6. The fourth-order valence-corrected chi connectivity index (χ4v) is 2.34. The summed E-state index contributed by atoms with van der Waals surface area (Å²) in [6.45, 7) is 6.37. The van der Waals surface area contributed by atoms with E-state index in [0.29, 0.717) is 11.5 Å². The lowest BCUT2D eigenvalue weighted by atomic mass is 10.1. The lowest BCUT2D eigenvalue weighted by Gasteiger charge is -2.17. The Balaban J connectivity index is 2.79. The first-order chi connectivity index (χ1) is 8.43. The van der Waals surface area contributed by atoms with Gasteiger partial charge in [0, 0.05) is 10.0 Å². The van der Waals surface area contributed by atoms with Gasteiger partial charge in [-0.15, -0.1) is 0 Å². The van der Waals surface area contributed by atoms with E-state index in [1.807, 2.05) is 19.1 Å². The van der Waals surface area contributed by atoms with Crippen LogP contribution in [0.5, 0.6) is 5.75 Å². The first-order valence-electron chi connectivity index (χ1n) is 5.88. The van der Waals surface area contributed by atoms with Crippen molar-refractivity contribution in [3.63, 3.8) is 0 Å². The minimum atomic E-state index is 0.0728. The van der Waals surface area contributed by atoms with Crippen LogP contribution < -0.4 is 10.5 Å². The molecule has 0 aliphatic rings. The third-order valence-corrected chi connectivity index (χ3v) is 3.12. The van der Waals surface area contributed by atoms with Gasteiger partial charge in [0.2, 0.25) is 0 Å². The second-order valence-electron chi connectivity index (χ2n) is 4.68. The Bertz CT molecular complexity index is 433. The highest BCUT2D eigenvalue weighted by Gasteiger charge is 2.10. The van der Waals surface area contributed by atoms with Crippen molar-refractivity contribution in [2.75, 3.05) is 0 Å². The van der Waals surface area contributed by atoms with Crippen molar-refractivity contribution in [1.29, 1.82) is 0 Å². The van der Waals surface area contributed by atoms with Crippen LogP contribution in [0.15, 0.2) is 27.8 Å². The molecule has 0 saturated carbocycles. The number of hydrogen-bond acceptors (Lipinski definition) is 3. The molecule has 4 nitrogen and oxygen atoms in total. The van der Waals surface area contributed by atoms with E-state index < -0.39 is 0 Å². The van der Waals surface area contributed by atoms with E-state index in [-0.39, 0.29) is 11.9 Å². The van der Waals surface area contributed by atoms with E-state index in [4.69, 9.17) is 15.7 Å². The fraction of sp³-hybridized carbons (Fsp3) is 0.462. The maximum Gasteiger partial charge on any atom is 0.171 e. The molecule has 1 aromatic rings. The summed E-state index contributed by atoms with van der Waals surface area (Å²) >= 11 is 3.38. The summed E-state index contributed by atoms with van der Waals surface area (Å²) in [6, 6.07) is 5.40. The molecule has 18 heavy (non-hydrogen) atoms. The molecule has 1 aromatic carbocycles. The van der Waals surface area contributed by atoms with E-state index in [1.165, 1.54) is 0 Å². The van der Waals surface area contributed by atoms with Gasteiger partial charge in [0.15, 0.2) is 5.84 Å². The number of oxime groups is 1. The zero-order chi connectivity index (χ0) is 13.7. The number of nitrogens with two attached hydrogens (primary N) is 1. The van der Waals surface area contributed by atoms with E-state index >= 15 is 0 Å². The highest BCUT2D eigenvalue weighted by atomic mass is 79.9. The molecule has 0 saturated heterocycles. The predicted molar refractivity (Wildman–Crippen MR) is 76.2 cm³/mol. The number of amidine groups is 1. The van der Waals surface area contributed by atoms with Gasteiger partial charge >= 0.3 is 0 Å². The van der Waals surface area contributed by atoms with Crippen LogP contribution in [-0.2, 0) is 0 Å². The Hall–Kier alpha value is -1.23. The van der Waals surface area contributed by atoms with Crippen LogP contribution in [0.4, 0.5) is 0 Å². The Morgan fingerprint density at radius 2 is 2.11 bits per heavy atom. The average Bonchev–Trinajstić information content (AvgIpc) is 2.27. The highest BCUT2D eigenvalue weighted by Crippen LogP contribution is 2.24. The van der Waals surface area contributed by atoms with Gasteiger partial charge in [-0.3, -0.25) is 0 Å². The third kappa shape index (κ3) is 4.22. The van der Waals surface area contributed by atoms with Crippen LogP contribution in [0, 0.1) is 5.92 Å². The zero-order valence-electron chi connectivity index (χ0n) is 10.9. The first kappa shape index (κ1) is 14.8. The third-order valence-electron chi connectivity index (χ3n) is 2.46. The van der Waals surface area contributed by atoms with Gasteiger partial charge in [-0.05, 0) is 53.4 Å². The number of halogens is 1. The number of benzene rings is 1. The maximum absolute atomic E-state index is 8.64. The minimum absolute atomic E-state index is 0.0728. The number of rotatable bonds is 5. The second kappa shape index (κ2) is 6.64. The predicted octanol–water partition coefficient (Wildman–Crippen LogP) is 3.36. The normalized spacial score (nSPS) is 13.7. The fourth-order valence-electron chi connectivity index (χ4n) is 1.78. The van der Waals surface area contributed by atoms with Crippen LogP contribution in [0.3, 0.4) is 0 Å². The van der Waals surface area contributed by atoms with E-state index in [2.05, 4.69) is 34.9 Å².